The number of nitrogens with zero attached hydrogens (tertiary/aromatic N) is 5. The minimum Gasteiger partial charge on any atom is -0.348 e. The predicted octanol–water partition coefficient (Wildman–Crippen LogP) is 1.22. The van der Waals surface area contributed by atoms with Gasteiger partial charge in [0, 0.05) is 38.2 Å². The molecule has 1 aliphatic rings. The molecule has 9 heteroatoms. The van der Waals surface area contributed by atoms with Crippen LogP contribution in [0.25, 0.3) is 0 Å². The Labute approximate surface area is 157 Å². The maximum Gasteiger partial charge on any atom is 0.271 e. The number of amides is 2. The summed E-state index contributed by atoms with van der Waals surface area (Å²) in [7, 11) is 0. The number of aromatic nitrogens is 4. The van der Waals surface area contributed by atoms with Crippen LogP contribution in [0.5, 0.6) is 0 Å². The summed E-state index contributed by atoms with van der Waals surface area (Å²) in [6, 6.07) is 0.0250. The molecular weight excluding hydrogens is 348 g/mol. The largest absolute Gasteiger partial charge is 0.348 e. The van der Waals surface area contributed by atoms with Gasteiger partial charge < -0.3 is 14.7 Å². The summed E-state index contributed by atoms with van der Waals surface area (Å²) in [5.41, 5.74) is 1.08. The quantitative estimate of drug-likeness (QED) is 0.839. The van der Waals surface area contributed by atoms with Crippen LogP contribution in [0.2, 0.25) is 0 Å². The summed E-state index contributed by atoms with van der Waals surface area (Å²) >= 11 is 0. The maximum atomic E-state index is 12.4. The van der Waals surface area contributed by atoms with Gasteiger partial charge in [-0.3, -0.25) is 14.6 Å². The van der Waals surface area contributed by atoms with Gasteiger partial charge in [0.2, 0.25) is 11.8 Å². The third-order valence-corrected chi connectivity index (χ3v) is 4.55. The smallest absolute Gasteiger partial charge is 0.271 e. The number of carbonyl (C=O) groups is 2. The Morgan fingerprint density at radius 1 is 1.22 bits per heavy atom. The van der Waals surface area contributed by atoms with Crippen LogP contribution < -0.4 is 5.32 Å². The topological polar surface area (TPSA) is 114 Å². The highest BCUT2D eigenvalue weighted by Gasteiger charge is 2.22. The van der Waals surface area contributed by atoms with Crippen molar-refractivity contribution in [2.45, 2.75) is 52.0 Å². The molecule has 9 nitrogen and oxygen atoms in total. The number of aryl methyl sites for hydroxylation is 3. The molecule has 0 aromatic carbocycles. The van der Waals surface area contributed by atoms with Gasteiger partial charge in [-0.15, -0.1) is 0 Å². The molecule has 1 saturated heterocycles. The molecule has 27 heavy (non-hydrogen) atoms. The van der Waals surface area contributed by atoms with Crippen LogP contribution in [0.15, 0.2) is 16.9 Å². The summed E-state index contributed by atoms with van der Waals surface area (Å²) in [4.78, 5) is 38.9. The lowest BCUT2D eigenvalue weighted by Crippen LogP contribution is -2.37. The zero-order chi connectivity index (χ0) is 19.2. The zero-order valence-corrected chi connectivity index (χ0v) is 15.6. The van der Waals surface area contributed by atoms with Gasteiger partial charge in [0.15, 0.2) is 5.82 Å². The second kappa shape index (κ2) is 8.70. The van der Waals surface area contributed by atoms with Crippen molar-refractivity contribution in [3.8, 4) is 0 Å². The molecule has 1 aliphatic heterocycles. The molecular formula is C18H24N6O3. The summed E-state index contributed by atoms with van der Waals surface area (Å²) in [6.07, 6.45) is 6.24. The van der Waals surface area contributed by atoms with Crippen LogP contribution in [0, 0.1) is 13.8 Å². The third kappa shape index (κ3) is 5.32. The number of likely N-dealkylation sites (tertiary alicyclic amines) is 1. The van der Waals surface area contributed by atoms with Crippen LogP contribution in [-0.2, 0) is 11.2 Å². The molecule has 1 fully saturated rings. The van der Waals surface area contributed by atoms with E-state index in [0.29, 0.717) is 43.3 Å². The molecule has 0 aliphatic carbocycles. The van der Waals surface area contributed by atoms with E-state index in [0.717, 1.165) is 25.0 Å². The fraction of sp³-hybridized carbons (Fsp3) is 0.556. The van der Waals surface area contributed by atoms with Crippen LogP contribution >= 0.6 is 0 Å². The van der Waals surface area contributed by atoms with Gasteiger partial charge in [-0.2, -0.15) is 4.98 Å². The minimum atomic E-state index is -0.223. The molecule has 2 amide bonds. The average Bonchev–Trinajstić information content (AvgIpc) is 2.93. The highest BCUT2D eigenvalue weighted by atomic mass is 16.5. The first-order valence-electron chi connectivity index (χ1n) is 9.18. The van der Waals surface area contributed by atoms with Crippen molar-refractivity contribution in [1.82, 2.24) is 30.3 Å². The summed E-state index contributed by atoms with van der Waals surface area (Å²) in [5, 5.41) is 6.73. The van der Waals surface area contributed by atoms with E-state index in [1.54, 1.807) is 13.1 Å². The number of hydrogen-bond acceptors (Lipinski definition) is 7. The summed E-state index contributed by atoms with van der Waals surface area (Å²) in [6.45, 7) is 4.88. The first-order valence-corrected chi connectivity index (χ1v) is 9.18. The molecule has 1 N–H and O–H groups in total. The van der Waals surface area contributed by atoms with Crippen LogP contribution in [0.3, 0.4) is 0 Å². The van der Waals surface area contributed by atoms with E-state index in [9.17, 15) is 9.59 Å². The van der Waals surface area contributed by atoms with Gasteiger partial charge in [-0.25, -0.2) is 4.98 Å². The average molecular weight is 372 g/mol. The van der Waals surface area contributed by atoms with Crippen LogP contribution in [-0.4, -0.2) is 56.0 Å². The number of nitrogens with one attached hydrogen (secondary N) is 1. The van der Waals surface area contributed by atoms with Crippen molar-refractivity contribution in [1.29, 1.82) is 0 Å². The van der Waals surface area contributed by atoms with Crippen LogP contribution in [0.4, 0.5) is 0 Å². The van der Waals surface area contributed by atoms with Gasteiger partial charge in [-0.05, 0) is 33.1 Å². The number of rotatable bonds is 5. The molecule has 0 radical (unpaired) electrons. The highest BCUT2D eigenvalue weighted by molar-refractivity contribution is 5.92. The fourth-order valence-corrected chi connectivity index (χ4v) is 3.07. The van der Waals surface area contributed by atoms with Gasteiger partial charge in [0.05, 0.1) is 11.9 Å². The Hall–Kier alpha value is -2.84. The lowest BCUT2D eigenvalue weighted by Gasteiger charge is -2.20. The van der Waals surface area contributed by atoms with E-state index in [1.165, 1.54) is 6.20 Å². The maximum absolute atomic E-state index is 12.4. The second-order valence-electron chi connectivity index (χ2n) is 6.76. The Morgan fingerprint density at radius 2 is 2.07 bits per heavy atom. The SMILES string of the molecule is Cc1cnc(C(=O)NC2CCCN(C(=O)CCc3nc(C)no3)CC2)cn1. The number of hydrogen-bond donors (Lipinski definition) is 1. The lowest BCUT2D eigenvalue weighted by molar-refractivity contribution is -0.131. The van der Waals surface area contributed by atoms with Crippen molar-refractivity contribution in [3.63, 3.8) is 0 Å². The molecule has 2 aromatic rings. The first kappa shape index (κ1) is 18.9. The van der Waals surface area contributed by atoms with E-state index >= 15 is 0 Å². The lowest BCUT2D eigenvalue weighted by atomic mass is 10.1. The molecule has 0 bridgehead atoms. The highest BCUT2D eigenvalue weighted by Crippen LogP contribution is 2.13. The van der Waals surface area contributed by atoms with Crippen molar-refractivity contribution < 1.29 is 14.1 Å². The summed E-state index contributed by atoms with van der Waals surface area (Å²) < 4.78 is 5.05. The molecule has 0 spiro atoms. The normalized spacial score (nSPS) is 17.4. The van der Waals surface area contributed by atoms with Gasteiger partial charge >= 0.3 is 0 Å². The van der Waals surface area contributed by atoms with E-state index in [-0.39, 0.29) is 17.9 Å². The Balaban J connectivity index is 1.47. The summed E-state index contributed by atoms with van der Waals surface area (Å²) in [5.74, 6) is 0.908. The standard InChI is InChI=1S/C18H24N6O3/c1-12-10-20-15(11-19-12)18(26)22-14-4-3-8-24(9-7-14)17(25)6-5-16-21-13(2)23-27-16/h10-11,14H,3-9H2,1-2H3,(H,22,26). The predicted molar refractivity (Wildman–Crippen MR) is 95.8 cm³/mol. The van der Waals surface area contributed by atoms with E-state index in [2.05, 4.69) is 25.4 Å². The minimum absolute atomic E-state index is 0.0250. The molecule has 1 atom stereocenters. The van der Waals surface area contributed by atoms with Crippen LogP contribution in [0.1, 0.15) is 53.6 Å². The Morgan fingerprint density at radius 3 is 2.78 bits per heavy atom. The van der Waals surface area contributed by atoms with E-state index in [4.69, 9.17) is 4.52 Å². The number of carbonyl (C=O) groups excluding carboxylic acids is 2. The fourth-order valence-electron chi connectivity index (χ4n) is 3.07. The molecule has 3 heterocycles. The van der Waals surface area contributed by atoms with Crippen molar-refractivity contribution in [2.75, 3.05) is 13.1 Å². The van der Waals surface area contributed by atoms with Gasteiger partial charge in [0.1, 0.15) is 5.69 Å². The van der Waals surface area contributed by atoms with Gasteiger partial charge in [0.25, 0.3) is 5.91 Å². The molecule has 144 valence electrons. The zero-order valence-electron chi connectivity index (χ0n) is 15.6. The monoisotopic (exact) mass is 372 g/mol. The van der Waals surface area contributed by atoms with Crippen molar-refractivity contribution in [2.24, 2.45) is 0 Å². The molecule has 1 unspecified atom stereocenters. The second-order valence-corrected chi connectivity index (χ2v) is 6.76. The first-order chi connectivity index (χ1) is 13.0. The van der Waals surface area contributed by atoms with Crippen molar-refractivity contribution in [3.05, 3.63) is 35.5 Å². The molecule has 3 rings (SSSR count). The third-order valence-electron chi connectivity index (χ3n) is 4.55. The molecule has 2 aromatic heterocycles. The van der Waals surface area contributed by atoms with E-state index in [1.807, 2.05) is 11.8 Å². The Bertz CT molecular complexity index is 789. The molecule has 0 saturated carbocycles. The Kier molecular flexibility index (Phi) is 6.10. The van der Waals surface area contributed by atoms with E-state index < -0.39 is 0 Å². The van der Waals surface area contributed by atoms with Crippen molar-refractivity contribution >= 4 is 11.8 Å². The van der Waals surface area contributed by atoms with Gasteiger partial charge in [-0.1, -0.05) is 5.16 Å².